The fourth-order valence-electron chi connectivity index (χ4n) is 3.43. The summed E-state index contributed by atoms with van der Waals surface area (Å²) < 4.78 is 5.33. The SMILES string of the molecule is C[C@@H](NC(=O)[C@@H](NC(=O)OC(C)(C)C)c1ccccc1)C1CCCCC1. The Morgan fingerprint density at radius 3 is 2.23 bits per heavy atom. The van der Waals surface area contributed by atoms with Gasteiger partial charge in [-0.2, -0.15) is 0 Å². The van der Waals surface area contributed by atoms with Gasteiger partial charge in [-0.15, -0.1) is 0 Å². The van der Waals surface area contributed by atoms with Crippen LogP contribution in [0.15, 0.2) is 30.3 Å². The van der Waals surface area contributed by atoms with Crippen molar-refractivity contribution in [2.75, 3.05) is 0 Å². The average molecular weight is 360 g/mol. The van der Waals surface area contributed by atoms with Crippen molar-refractivity contribution in [2.45, 2.75) is 77.5 Å². The number of carbonyl (C=O) groups excluding carboxylic acids is 2. The van der Waals surface area contributed by atoms with Crippen LogP contribution in [0.4, 0.5) is 4.79 Å². The largest absolute Gasteiger partial charge is 0.444 e. The average Bonchev–Trinajstić information content (AvgIpc) is 2.59. The van der Waals surface area contributed by atoms with Gasteiger partial charge in [-0.05, 0) is 52.0 Å². The van der Waals surface area contributed by atoms with E-state index in [1.807, 2.05) is 30.3 Å². The zero-order valence-electron chi connectivity index (χ0n) is 16.4. The quantitative estimate of drug-likeness (QED) is 0.821. The monoisotopic (exact) mass is 360 g/mol. The maximum Gasteiger partial charge on any atom is 0.408 e. The van der Waals surface area contributed by atoms with Crippen molar-refractivity contribution in [1.29, 1.82) is 0 Å². The minimum atomic E-state index is -0.767. The third kappa shape index (κ3) is 6.36. The zero-order valence-corrected chi connectivity index (χ0v) is 16.4. The molecular formula is C21H32N2O3. The molecule has 0 radical (unpaired) electrons. The first-order chi connectivity index (χ1) is 12.3. The van der Waals surface area contributed by atoms with Gasteiger partial charge in [0.15, 0.2) is 0 Å². The van der Waals surface area contributed by atoms with Gasteiger partial charge in [0.1, 0.15) is 11.6 Å². The summed E-state index contributed by atoms with van der Waals surface area (Å²) in [5.41, 5.74) is 0.128. The number of amides is 2. The van der Waals surface area contributed by atoms with E-state index >= 15 is 0 Å². The Bertz CT molecular complexity index is 589. The molecule has 0 aliphatic heterocycles. The lowest BCUT2D eigenvalue weighted by molar-refractivity contribution is -0.124. The topological polar surface area (TPSA) is 67.4 Å². The number of carbonyl (C=O) groups is 2. The van der Waals surface area contributed by atoms with Gasteiger partial charge in [-0.1, -0.05) is 49.6 Å². The van der Waals surface area contributed by atoms with Gasteiger partial charge in [0, 0.05) is 6.04 Å². The van der Waals surface area contributed by atoms with Gasteiger partial charge in [-0.25, -0.2) is 4.79 Å². The Morgan fingerprint density at radius 2 is 1.65 bits per heavy atom. The highest BCUT2D eigenvalue weighted by molar-refractivity contribution is 5.87. The van der Waals surface area contributed by atoms with E-state index in [0.29, 0.717) is 5.92 Å². The van der Waals surface area contributed by atoms with E-state index in [4.69, 9.17) is 4.74 Å². The second kappa shape index (κ2) is 9.06. The van der Waals surface area contributed by atoms with Crippen LogP contribution < -0.4 is 10.6 Å². The number of ether oxygens (including phenoxy) is 1. The number of nitrogens with one attached hydrogen (secondary N) is 2. The lowest BCUT2D eigenvalue weighted by Crippen LogP contribution is -2.47. The fourth-order valence-corrected chi connectivity index (χ4v) is 3.43. The molecule has 0 bridgehead atoms. The molecular weight excluding hydrogens is 328 g/mol. The number of hydrogen-bond acceptors (Lipinski definition) is 3. The summed E-state index contributed by atoms with van der Waals surface area (Å²) in [7, 11) is 0. The molecule has 1 aliphatic carbocycles. The lowest BCUT2D eigenvalue weighted by atomic mass is 9.84. The molecule has 0 saturated heterocycles. The third-order valence-corrected chi connectivity index (χ3v) is 4.78. The van der Waals surface area contributed by atoms with Crippen LogP contribution >= 0.6 is 0 Å². The van der Waals surface area contributed by atoms with Crippen molar-refractivity contribution in [2.24, 2.45) is 5.92 Å². The van der Waals surface area contributed by atoms with Crippen LogP contribution in [-0.2, 0) is 9.53 Å². The Kier molecular flexibility index (Phi) is 7.06. The minimum absolute atomic E-state index is 0.0921. The zero-order chi connectivity index (χ0) is 19.2. The summed E-state index contributed by atoms with van der Waals surface area (Å²) in [6.45, 7) is 7.46. The Balaban J connectivity index is 2.07. The molecule has 2 rings (SSSR count). The normalized spacial score (nSPS) is 17.8. The van der Waals surface area contributed by atoms with E-state index in [-0.39, 0.29) is 11.9 Å². The molecule has 2 amide bonds. The number of rotatable bonds is 5. The highest BCUT2D eigenvalue weighted by Gasteiger charge is 2.28. The van der Waals surface area contributed by atoms with E-state index in [2.05, 4.69) is 17.6 Å². The Hall–Kier alpha value is -2.04. The van der Waals surface area contributed by atoms with Crippen LogP contribution in [0.5, 0.6) is 0 Å². The predicted molar refractivity (Wildman–Crippen MR) is 103 cm³/mol. The van der Waals surface area contributed by atoms with Crippen LogP contribution in [-0.4, -0.2) is 23.6 Å². The lowest BCUT2D eigenvalue weighted by Gasteiger charge is -2.30. The van der Waals surface area contributed by atoms with E-state index < -0.39 is 17.7 Å². The molecule has 5 heteroatoms. The molecule has 2 atom stereocenters. The number of alkyl carbamates (subject to hydrolysis) is 1. The Morgan fingerprint density at radius 1 is 1.04 bits per heavy atom. The first-order valence-corrected chi connectivity index (χ1v) is 9.61. The smallest absolute Gasteiger partial charge is 0.408 e. The summed E-state index contributed by atoms with van der Waals surface area (Å²) in [4.78, 5) is 25.1. The molecule has 1 aromatic carbocycles. The van der Waals surface area contributed by atoms with E-state index in [9.17, 15) is 9.59 Å². The summed E-state index contributed by atoms with van der Waals surface area (Å²) in [5.74, 6) is 0.311. The van der Waals surface area contributed by atoms with Crippen LogP contribution in [0.2, 0.25) is 0 Å². The van der Waals surface area contributed by atoms with Crippen LogP contribution in [0, 0.1) is 5.92 Å². The fraction of sp³-hybridized carbons (Fsp3) is 0.619. The molecule has 0 spiro atoms. The Labute approximate surface area is 156 Å². The molecule has 26 heavy (non-hydrogen) atoms. The van der Waals surface area contributed by atoms with Crippen LogP contribution in [0.3, 0.4) is 0 Å². The van der Waals surface area contributed by atoms with E-state index in [1.54, 1.807) is 20.8 Å². The first-order valence-electron chi connectivity index (χ1n) is 9.61. The highest BCUT2D eigenvalue weighted by Crippen LogP contribution is 2.26. The number of benzene rings is 1. The third-order valence-electron chi connectivity index (χ3n) is 4.78. The molecule has 1 saturated carbocycles. The summed E-state index contributed by atoms with van der Waals surface area (Å²) in [6.07, 6.45) is 5.44. The van der Waals surface area contributed by atoms with Crippen molar-refractivity contribution in [1.82, 2.24) is 10.6 Å². The summed E-state index contributed by atoms with van der Waals surface area (Å²) >= 11 is 0. The molecule has 2 N–H and O–H groups in total. The van der Waals surface area contributed by atoms with Crippen LogP contribution in [0.1, 0.15) is 71.4 Å². The molecule has 1 fully saturated rings. The molecule has 0 heterocycles. The van der Waals surface area contributed by atoms with Gasteiger partial charge in [-0.3, -0.25) is 4.79 Å². The van der Waals surface area contributed by atoms with Crippen molar-refractivity contribution in [3.63, 3.8) is 0 Å². The van der Waals surface area contributed by atoms with Crippen molar-refractivity contribution >= 4 is 12.0 Å². The second-order valence-electron chi connectivity index (χ2n) is 8.19. The van der Waals surface area contributed by atoms with Gasteiger partial charge in [0.05, 0.1) is 0 Å². The second-order valence-corrected chi connectivity index (χ2v) is 8.19. The molecule has 0 unspecified atom stereocenters. The van der Waals surface area contributed by atoms with Gasteiger partial charge >= 0.3 is 6.09 Å². The van der Waals surface area contributed by atoms with Gasteiger partial charge in [0.2, 0.25) is 5.91 Å². The first kappa shape index (κ1) is 20.3. The molecule has 1 aromatic rings. The predicted octanol–water partition coefficient (Wildman–Crippen LogP) is 4.34. The van der Waals surface area contributed by atoms with Gasteiger partial charge < -0.3 is 15.4 Å². The standard InChI is InChI=1S/C21H32N2O3/c1-15(16-11-7-5-8-12-16)22-19(24)18(17-13-9-6-10-14-17)23-20(25)26-21(2,3)4/h6,9-10,13-16,18H,5,7-8,11-12H2,1-4H3,(H,22,24)(H,23,25)/t15-,18+/m1/s1. The maximum atomic E-state index is 12.9. The van der Waals surface area contributed by atoms with Crippen LogP contribution in [0.25, 0.3) is 0 Å². The van der Waals surface area contributed by atoms with E-state index in [1.165, 1.54) is 19.3 Å². The summed E-state index contributed by atoms with van der Waals surface area (Å²) in [6, 6.07) is 8.61. The van der Waals surface area contributed by atoms with E-state index in [0.717, 1.165) is 18.4 Å². The summed E-state index contributed by atoms with van der Waals surface area (Å²) in [5, 5.41) is 5.83. The molecule has 0 aromatic heterocycles. The van der Waals surface area contributed by atoms with Crippen molar-refractivity contribution < 1.29 is 14.3 Å². The molecule has 144 valence electrons. The maximum absolute atomic E-state index is 12.9. The number of hydrogen-bond donors (Lipinski definition) is 2. The van der Waals surface area contributed by atoms with Crippen molar-refractivity contribution in [3.8, 4) is 0 Å². The van der Waals surface area contributed by atoms with Crippen molar-refractivity contribution in [3.05, 3.63) is 35.9 Å². The van der Waals surface area contributed by atoms with Gasteiger partial charge in [0.25, 0.3) is 0 Å². The highest BCUT2D eigenvalue weighted by atomic mass is 16.6. The minimum Gasteiger partial charge on any atom is -0.444 e. The molecule has 5 nitrogen and oxygen atoms in total. The molecule has 1 aliphatic rings.